The van der Waals surface area contributed by atoms with E-state index in [-0.39, 0.29) is 36.2 Å². The standard InChI is InChI=1S/C12H16N2O4/c15-9(16)5-8-12(18)14-7-3-1-6(2-4-7)10(14)11(17)13-8/h6-8,10H,1-5H2,(H,13,17)(H,15,16)/t6?,7?,8-,10-/m0/s1. The van der Waals surface area contributed by atoms with Crippen molar-refractivity contribution < 1.29 is 19.5 Å². The molecule has 4 aliphatic rings. The van der Waals surface area contributed by atoms with Crippen LogP contribution in [0.1, 0.15) is 32.1 Å². The Labute approximate surface area is 104 Å². The Kier molecular flexibility index (Phi) is 2.53. The first-order chi connectivity index (χ1) is 8.58. The molecule has 2 amide bonds. The zero-order chi connectivity index (χ0) is 12.9. The Balaban J connectivity index is 1.86. The molecule has 0 aromatic heterocycles. The molecule has 1 saturated carbocycles. The van der Waals surface area contributed by atoms with Crippen LogP contribution in [0, 0.1) is 5.92 Å². The maximum Gasteiger partial charge on any atom is 0.305 e. The fourth-order valence-corrected chi connectivity index (χ4v) is 3.62. The van der Waals surface area contributed by atoms with E-state index in [9.17, 15) is 14.4 Å². The molecule has 0 unspecified atom stereocenters. The molecule has 3 aliphatic heterocycles. The van der Waals surface area contributed by atoms with Crippen molar-refractivity contribution in [1.29, 1.82) is 0 Å². The second kappa shape index (κ2) is 3.96. The first-order valence-electron chi connectivity index (χ1n) is 6.42. The van der Waals surface area contributed by atoms with E-state index >= 15 is 0 Å². The minimum Gasteiger partial charge on any atom is -0.481 e. The molecule has 3 heterocycles. The van der Waals surface area contributed by atoms with Crippen molar-refractivity contribution >= 4 is 17.8 Å². The smallest absolute Gasteiger partial charge is 0.305 e. The first kappa shape index (κ1) is 11.5. The summed E-state index contributed by atoms with van der Waals surface area (Å²) in [6, 6.07) is -1.10. The minimum absolute atomic E-state index is 0.134. The van der Waals surface area contributed by atoms with Crippen molar-refractivity contribution in [3.05, 3.63) is 0 Å². The molecule has 3 saturated heterocycles. The van der Waals surface area contributed by atoms with E-state index in [0.717, 1.165) is 25.7 Å². The molecule has 2 N–H and O–H groups in total. The van der Waals surface area contributed by atoms with E-state index in [1.807, 2.05) is 0 Å². The number of carbonyl (C=O) groups is 3. The highest BCUT2D eigenvalue weighted by Gasteiger charge is 2.52. The van der Waals surface area contributed by atoms with Gasteiger partial charge < -0.3 is 15.3 Å². The third-order valence-electron chi connectivity index (χ3n) is 4.40. The number of nitrogens with one attached hydrogen (secondary N) is 1. The molecular formula is C12H16N2O4. The van der Waals surface area contributed by atoms with Gasteiger partial charge in [-0.25, -0.2) is 0 Å². The molecule has 2 bridgehead atoms. The number of carboxylic acids is 1. The maximum absolute atomic E-state index is 12.3. The van der Waals surface area contributed by atoms with Crippen LogP contribution in [0.4, 0.5) is 0 Å². The highest BCUT2D eigenvalue weighted by Crippen LogP contribution is 2.41. The summed E-state index contributed by atoms with van der Waals surface area (Å²) in [5.74, 6) is -1.19. The van der Waals surface area contributed by atoms with Crippen LogP contribution in [0.2, 0.25) is 0 Å². The van der Waals surface area contributed by atoms with Crippen LogP contribution in [0.5, 0.6) is 0 Å². The number of aliphatic carboxylic acids is 1. The second-order valence-electron chi connectivity index (χ2n) is 5.42. The number of piperidine rings is 2. The van der Waals surface area contributed by atoms with E-state index in [0.29, 0.717) is 0 Å². The molecule has 0 aromatic rings. The number of piperazine rings is 1. The van der Waals surface area contributed by atoms with E-state index in [1.165, 1.54) is 0 Å². The van der Waals surface area contributed by atoms with Crippen molar-refractivity contribution in [3.8, 4) is 0 Å². The predicted molar refractivity (Wildman–Crippen MR) is 60.6 cm³/mol. The van der Waals surface area contributed by atoms with Gasteiger partial charge in [0.1, 0.15) is 12.1 Å². The summed E-state index contributed by atoms with van der Waals surface area (Å²) < 4.78 is 0. The van der Waals surface area contributed by atoms with Crippen molar-refractivity contribution in [1.82, 2.24) is 10.2 Å². The summed E-state index contributed by atoms with van der Waals surface area (Å²) >= 11 is 0. The lowest BCUT2D eigenvalue weighted by Crippen LogP contribution is -2.71. The molecule has 18 heavy (non-hydrogen) atoms. The number of amides is 2. The maximum atomic E-state index is 12.3. The first-order valence-corrected chi connectivity index (χ1v) is 6.42. The molecule has 4 fully saturated rings. The molecule has 6 heteroatoms. The lowest BCUT2D eigenvalue weighted by atomic mass is 9.73. The number of hydrogen-bond acceptors (Lipinski definition) is 3. The zero-order valence-electron chi connectivity index (χ0n) is 9.96. The fourth-order valence-electron chi connectivity index (χ4n) is 3.62. The van der Waals surface area contributed by atoms with Gasteiger partial charge in [-0.15, -0.1) is 0 Å². The average Bonchev–Trinajstić information content (AvgIpc) is 2.35. The summed E-state index contributed by atoms with van der Waals surface area (Å²) in [6.45, 7) is 0. The average molecular weight is 252 g/mol. The van der Waals surface area contributed by atoms with Gasteiger partial charge >= 0.3 is 5.97 Å². The van der Waals surface area contributed by atoms with Crippen LogP contribution in [0.15, 0.2) is 0 Å². The molecule has 0 aromatic carbocycles. The number of carbonyl (C=O) groups excluding carboxylic acids is 2. The summed E-state index contributed by atoms with van der Waals surface area (Å²) in [5, 5.41) is 11.3. The van der Waals surface area contributed by atoms with Gasteiger partial charge in [-0.1, -0.05) is 0 Å². The number of hydrogen-bond donors (Lipinski definition) is 2. The Hall–Kier alpha value is -1.59. The lowest BCUT2D eigenvalue weighted by Gasteiger charge is -2.53. The fraction of sp³-hybridized carbons (Fsp3) is 0.750. The molecule has 0 spiro atoms. The molecule has 98 valence electrons. The molecule has 0 radical (unpaired) electrons. The van der Waals surface area contributed by atoms with Gasteiger partial charge in [0.25, 0.3) is 0 Å². The molecule has 1 aliphatic carbocycles. The van der Waals surface area contributed by atoms with E-state index in [1.54, 1.807) is 4.90 Å². The largest absolute Gasteiger partial charge is 0.481 e. The molecule has 2 atom stereocenters. The monoisotopic (exact) mass is 252 g/mol. The normalized spacial score (nSPS) is 38.3. The Morgan fingerprint density at radius 3 is 2.56 bits per heavy atom. The van der Waals surface area contributed by atoms with Gasteiger partial charge in [0.05, 0.1) is 6.42 Å². The van der Waals surface area contributed by atoms with Gasteiger partial charge in [-0.3, -0.25) is 14.4 Å². The quantitative estimate of drug-likeness (QED) is 0.708. The highest BCUT2D eigenvalue weighted by atomic mass is 16.4. The van der Waals surface area contributed by atoms with Gasteiger partial charge in [0.15, 0.2) is 0 Å². The summed E-state index contributed by atoms with van der Waals surface area (Å²) in [7, 11) is 0. The SMILES string of the molecule is O=C(O)C[C@@H]1NC(=O)[C@@H]2C3CCC(CC3)N2C1=O. The van der Waals surface area contributed by atoms with Gasteiger partial charge in [-0.05, 0) is 31.6 Å². The van der Waals surface area contributed by atoms with Crippen molar-refractivity contribution in [3.63, 3.8) is 0 Å². The topological polar surface area (TPSA) is 86.7 Å². The lowest BCUT2D eigenvalue weighted by molar-refractivity contribution is -0.164. The van der Waals surface area contributed by atoms with Crippen LogP contribution < -0.4 is 5.32 Å². The predicted octanol–water partition coefficient (Wildman–Crippen LogP) is -0.271. The molecular weight excluding hydrogens is 236 g/mol. The number of rotatable bonds is 2. The van der Waals surface area contributed by atoms with Crippen LogP contribution in [0.25, 0.3) is 0 Å². The summed E-state index contributed by atoms with van der Waals surface area (Å²) in [5.41, 5.74) is 0. The van der Waals surface area contributed by atoms with Crippen LogP contribution >= 0.6 is 0 Å². The Morgan fingerprint density at radius 2 is 1.94 bits per heavy atom. The summed E-state index contributed by atoms with van der Waals surface area (Å²) in [6.07, 6.45) is 3.55. The Morgan fingerprint density at radius 1 is 1.28 bits per heavy atom. The summed E-state index contributed by atoms with van der Waals surface area (Å²) in [4.78, 5) is 36.7. The Bertz CT molecular complexity index is 414. The highest BCUT2D eigenvalue weighted by molar-refractivity contribution is 5.99. The second-order valence-corrected chi connectivity index (χ2v) is 5.42. The van der Waals surface area contributed by atoms with Crippen LogP contribution in [0.3, 0.4) is 0 Å². The number of fused-ring (bicyclic) bond motifs is 2. The third-order valence-corrected chi connectivity index (χ3v) is 4.40. The molecule has 4 rings (SSSR count). The van der Waals surface area contributed by atoms with Gasteiger partial charge in [-0.2, -0.15) is 0 Å². The van der Waals surface area contributed by atoms with Crippen molar-refractivity contribution in [2.75, 3.05) is 0 Å². The van der Waals surface area contributed by atoms with Crippen molar-refractivity contribution in [2.45, 2.75) is 50.2 Å². The zero-order valence-corrected chi connectivity index (χ0v) is 9.96. The third kappa shape index (κ3) is 1.59. The van der Waals surface area contributed by atoms with E-state index < -0.39 is 12.0 Å². The minimum atomic E-state index is -1.06. The van der Waals surface area contributed by atoms with Gasteiger partial charge in [0.2, 0.25) is 11.8 Å². The van der Waals surface area contributed by atoms with Gasteiger partial charge in [0, 0.05) is 6.04 Å². The van der Waals surface area contributed by atoms with Crippen LogP contribution in [-0.2, 0) is 14.4 Å². The van der Waals surface area contributed by atoms with Crippen LogP contribution in [-0.4, -0.2) is 45.9 Å². The van der Waals surface area contributed by atoms with E-state index in [2.05, 4.69) is 5.32 Å². The number of carboxylic acid groups (broad SMARTS) is 1. The molecule has 6 nitrogen and oxygen atoms in total. The van der Waals surface area contributed by atoms with E-state index in [4.69, 9.17) is 5.11 Å². The van der Waals surface area contributed by atoms with Crippen molar-refractivity contribution in [2.24, 2.45) is 5.92 Å². The number of nitrogens with zero attached hydrogens (tertiary/aromatic N) is 1.